The summed E-state index contributed by atoms with van der Waals surface area (Å²) in [5, 5.41) is 8.79. The summed E-state index contributed by atoms with van der Waals surface area (Å²) in [6.07, 6.45) is 0.687. The molecule has 4 nitrogen and oxygen atoms in total. The standard InChI is InChI=1S/C8H14O4/c1-3-5-11-8(10)12-6-4-7(2)9/h3,7,9H,1,4-6H2,2H3. The number of rotatable bonds is 5. The molecule has 0 radical (unpaired) electrons. The molecule has 1 unspecified atom stereocenters. The smallest absolute Gasteiger partial charge is 0.434 e. The molecule has 0 heterocycles. The summed E-state index contributed by atoms with van der Waals surface area (Å²) < 4.78 is 9.10. The van der Waals surface area contributed by atoms with Gasteiger partial charge in [0.05, 0.1) is 12.7 Å². The minimum absolute atomic E-state index is 0.146. The molecule has 0 rings (SSSR count). The van der Waals surface area contributed by atoms with Gasteiger partial charge in [-0.2, -0.15) is 0 Å². The molecule has 0 aromatic rings. The third-order valence-corrected chi connectivity index (χ3v) is 1.07. The highest BCUT2D eigenvalue weighted by Crippen LogP contribution is 1.92. The molecule has 0 aliphatic heterocycles. The molecule has 0 saturated heterocycles. The highest BCUT2D eigenvalue weighted by Gasteiger charge is 2.02. The first-order chi connectivity index (χ1) is 5.66. The molecule has 4 heteroatoms. The Morgan fingerprint density at radius 3 is 2.83 bits per heavy atom. The molecule has 0 aromatic carbocycles. The highest BCUT2D eigenvalue weighted by molar-refractivity contribution is 5.59. The first kappa shape index (κ1) is 11.0. The summed E-state index contributed by atoms with van der Waals surface area (Å²) in [6, 6.07) is 0. The molecular formula is C8H14O4. The molecule has 0 fully saturated rings. The average Bonchev–Trinajstić information content (AvgIpc) is 2.00. The third-order valence-electron chi connectivity index (χ3n) is 1.07. The summed E-state index contributed by atoms with van der Waals surface area (Å²) in [5.41, 5.74) is 0. The molecule has 12 heavy (non-hydrogen) atoms. The van der Waals surface area contributed by atoms with Crippen LogP contribution in [0.1, 0.15) is 13.3 Å². The van der Waals surface area contributed by atoms with Gasteiger partial charge in [-0.15, -0.1) is 0 Å². The molecule has 0 spiro atoms. The van der Waals surface area contributed by atoms with Crippen LogP contribution in [0.3, 0.4) is 0 Å². The van der Waals surface area contributed by atoms with Crippen LogP contribution in [-0.2, 0) is 9.47 Å². The number of aliphatic hydroxyl groups is 1. The molecule has 0 aliphatic carbocycles. The number of aliphatic hydroxyl groups excluding tert-OH is 1. The van der Waals surface area contributed by atoms with Crippen molar-refractivity contribution >= 4 is 6.16 Å². The van der Waals surface area contributed by atoms with E-state index in [4.69, 9.17) is 5.11 Å². The zero-order valence-corrected chi connectivity index (χ0v) is 7.16. The normalized spacial score (nSPS) is 11.8. The van der Waals surface area contributed by atoms with E-state index in [1.807, 2.05) is 0 Å². The molecular weight excluding hydrogens is 160 g/mol. The van der Waals surface area contributed by atoms with Crippen LogP contribution in [0.25, 0.3) is 0 Å². The maximum absolute atomic E-state index is 10.6. The van der Waals surface area contributed by atoms with E-state index in [1.54, 1.807) is 6.92 Å². The predicted octanol–water partition coefficient (Wildman–Crippen LogP) is 1.10. The topological polar surface area (TPSA) is 55.8 Å². The predicted molar refractivity (Wildman–Crippen MR) is 43.8 cm³/mol. The second-order valence-electron chi connectivity index (χ2n) is 2.34. The Kier molecular flexibility index (Phi) is 6.09. The first-order valence-corrected chi connectivity index (χ1v) is 3.75. The largest absolute Gasteiger partial charge is 0.508 e. The number of ether oxygens (including phenoxy) is 2. The lowest BCUT2D eigenvalue weighted by Crippen LogP contribution is -2.12. The molecule has 0 saturated carbocycles. The lowest BCUT2D eigenvalue weighted by Gasteiger charge is -2.05. The Hall–Kier alpha value is -1.03. The minimum Gasteiger partial charge on any atom is -0.434 e. The van der Waals surface area contributed by atoms with Crippen molar-refractivity contribution in [3.05, 3.63) is 12.7 Å². The SMILES string of the molecule is C=CCOC(=O)OCCC(C)O. The van der Waals surface area contributed by atoms with Gasteiger partial charge in [-0.3, -0.25) is 0 Å². The van der Waals surface area contributed by atoms with Gasteiger partial charge < -0.3 is 14.6 Å². The maximum atomic E-state index is 10.6. The van der Waals surface area contributed by atoms with Gasteiger partial charge in [0.25, 0.3) is 0 Å². The Balaban J connectivity index is 3.25. The van der Waals surface area contributed by atoms with E-state index in [-0.39, 0.29) is 13.2 Å². The number of hydrogen-bond acceptors (Lipinski definition) is 4. The summed E-state index contributed by atoms with van der Waals surface area (Å²) >= 11 is 0. The molecule has 1 atom stereocenters. The number of hydrogen-bond donors (Lipinski definition) is 1. The van der Waals surface area contributed by atoms with Crippen LogP contribution in [0.15, 0.2) is 12.7 Å². The van der Waals surface area contributed by atoms with E-state index in [0.29, 0.717) is 6.42 Å². The van der Waals surface area contributed by atoms with Crippen LogP contribution in [-0.4, -0.2) is 30.6 Å². The summed E-state index contributed by atoms with van der Waals surface area (Å²) in [7, 11) is 0. The molecule has 0 aliphatic rings. The molecule has 0 bridgehead atoms. The maximum Gasteiger partial charge on any atom is 0.508 e. The Morgan fingerprint density at radius 1 is 1.67 bits per heavy atom. The average molecular weight is 174 g/mol. The lowest BCUT2D eigenvalue weighted by atomic mass is 10.3. The van der Waals surface area contributed by atoms with Crippen molar-refractivity contribution in [1.29, 1.82) is 0 Å². The van der Waals surface area contributed by atoms with Gasteiger partial charge in [-0.05, 0) is 6.92 Å². The minimum atomic E-state index is -0.726. The molecule has 0 aromatic heterocycles. The van der Waals surface area contributed by atoms with E-state index < -0.39 is 12.3 Å². The van der Waals surface area contributed by atoms with Gasteiger partial charge in [-0.1, -0.05) is 12.7 Å². The van der Waals surface area contributed by atoms with Crippen molar-refractivity contribution in [2.75, 3.05) is 13.2 Å². The third kappa shape index (κ3) is 7.08. The first-order valence-electron chi connectivity index (χ1n) is 3.75. The van der Waals surface area contributed by atoms with E-state index in [9.17, 15) is 4.79 Å². The summed E-state index contributed by atoms with van der Waals surface area (Å²) in [6.45, 7) is 5.31. The summed E-state index contributed by atoms with van der Waals surface area (Å²) in [4.78, 5) is 10.6. The van der Waals surface area contributed by atoms with Gasteiger partial charge in [0.2, 0.25) is 0 Å². The monoisotopic (exact) mass is 174 g/mol. The highest BCUT2D eigenvalue weighted by atomic mass is 16.7. The fraction of sp³-hybridized carbons (Fsp3) is 0.625. The van der Waals surface area contributed by atoms with E-state index >= 15 is 0 Å². The van der Waals surface area contributed by atoms with Crippen LogP contribution in [0.4, 0.5) is 4.79 Å². The van der Waals surface area contributed by atoms with Crippen molar-refractivity contribution in [1.82, 2.24) is 0 Å². The van der Waals surface area contributed by atoms with E-state index in [0.717, 1.165) is 0 Å². The van der Waals surface area contributed by atoms with Crippen LogP contribution in [0.2, 0.25) is 0 Å². The Morgan fingerprint density at radius 2 is 2.33 bits per heavy atom. The quantitative estimate of drug-likeness (QED) is 0.501. The zero-order valence-electron chi connectivity index (χ0n) is 7.16. The van der Waals surface area contributed by atoms with Crippen LogP contribution in [0, 0.1) is 0 Å². The van der Waals surface area contributed by atoms with Crippen LogP contribution >= 0.6 is 0 Å². The van der Waals surface area contributed by atoms with Crippen molar-refractivity contribution in [3.8, 4) is 0 Å². The van der Waals surface area contributed by atoms with Crippen LogP contribution < -0.4 is 0 Å². The van der Waals surface area contributed by atoms with Crippen molar-refractivity contribution in [3.63, 3.8) is 0 Å². The Labute approximate surface area is 71.8 Å². The number of carbonyl (C=O) groups excluding carboxylic acids is 1. The second kappa shape index (κ2) is 6.67. The zero-order chi connectivity index (χ0) is 9.40. The van der Waals surface area contributed by atoms with Gasteiger partial charge in [0, 0.05) is 6.42 Å². The van der Waals surface area contributed by atoms with Crippen molar-refractivity contribution < 1.29 is 19.4 Å². The summed E-state index contributed by atoms with van der Waals surface area (Å²) in [5.74, 6) is 0. The van der Waals surface area contributed by atoms with E-state index in [1.165, 1.54) is 6.08 Å². The van der Waals surface area contributed by atoms with Gasteiger partial charge in [0.15, 0.2) is 0 Å². The van der Waals surface area contributed by atoms with E-state index in [2.05, 4.69) is 16.1 Å². The van der Waals surface area contributed by atoms with Crippen molar-refractivity contribution in [2.24, 2.45) is 0 Å². The molecule has 70 valence electrons. The van der Waals surface area contributed by atoms with Gasteiger partial charge >= 0.3 is 6.16 Å². The van der Waals surface area contributed by atoms with Crippen molar-refractivity contribution in [2.45, 2.75) is 19.4 Å². The Bertz CT molecular complexity index is 142. The fourth-order valence-corrected chi connectivity index (χ4v) is 0.481. The molecule has 0 amide bonds. The lowest BCUT2D eigenvalue weighted by molar-refractivity contribution is 0.0517. The number of carbonyl (C=O) groups is 1. The second-order valence-corrected chi connectivity index (χ2v) is 2.34. The van der Waals surface area contributed by atoms with Gasteiger partial charge in [-0.25, -0.2) is 4.79 Å². The molecule has 1 N–H and O–H groups in total. The fourth-order valence-electron chi connectivity index (χ4n) is 0.481. The van der Waals surface area contributed by atoms with Gasteiger partial charge in [0.1, 0.15) is 6.61 Å². The van der Waals surface area contributed by atoms with Crippen LogP contribution in [0.5, 0.6) is 0 Å².